The summed E-state index contributed by atoms with van der Waals surface area (Å²) in [6.07, 6.45) is 2.27. The number of hydrogen-bond donors (Lipinski definition) is 0. The molecule has 0 saturated heterocycles. The Kier molecular flexibility index (Phi) is 9.18. The monoisotopic (exact) mass is 988 g/mol. The molecule has 0 fully saturated rings. The first-order chi connectivity index (χ1) is 36.5. The van der Waals surface area contributed by atoms with E-state index in [1.165, 1.54) is 78.0 Å². The molecule has 4 heterocycles. The van der Waals surface area contributed by atoms with Crippen LogP contribution in [-0.2, 0) is 21.7 Å². The largest absolute Gasteiger partial charge is 0.456 e. The van der Waals surface area contributed by atoms with Gasteiger partial charge in [0.25, 0.3) is 0 Å². The number of nitrogens with zero attached hydrogens (tertiary/aromatic N) is 2. The molecule has 6 heteroatoms. The summed E-state index contributed by atoms with van der Waals surface area (Å²) >= 11 is 0. The van der Waals surface area contributed by atoms with E-state index in [4.69, 9.17) is 13.9 Å². The predicted octanol–water partition coefficient (Wildman–Crippen LogP) is 18.1. The SMILES string of the molecule is Cc1cc2c(cc1N1c3cc4c(cc3B3c5c1cc1c(c5-c5ccc6oc7ccccc7c6c5N3c3ccc(C(C)(C)C)cc3-c3ccccc3)C(C)(C)c3ccccc3-1)Oc1ccccc1O4)C(C)(C)CCC2(C)C. The van der Waals surface area contributed by atoms with Gasteiger partial charge < -0.3 is 23.6 Å². The van der Waals surface area contributed by atoms with Crippen molar-refractivity contribution in [1.29, 1.82) is 0 Å². The van der Waals surface area contributed by atoms with Crippen LogP contribution in [0.4, 0.5) is 28.4 Å². The van der Waals surface area contributed by atoms with E-state index < -0.39 is 0 Å². The van der Waals surface area contributed by atoms with Gasteiger partial charge in [0.1, 0.15) is 11.2 Å². The molecule has 9 aromatic carbocycles. The molecule has 0 saturated carbocycles. The zero-order valence-corrected chi connectivity index (χ0v) is 45.2. The molecule has 0 spiro atoms. The summed E-state index contributed by atoms with van der Waals surface area (Å²) in [5, 5.41) is 2.20. The van der Waals surface area contributed by atoms with Crippen LogP contribution in [-0.4, -0.2) is 6.85 Å². The van der Waals surface area contributed by atoms with Gasteiger partial charge in [-0.05, 0) is 163 Å². The van der Waals surface area contributed by atoms with E-state index in [-0.39, 0.29) is 28.5 Å². The third-order valence-electron chi connectivity index (χ3n) is 18.2. The summed E-state index contributed by atoms with van der Waals surface area (Å²) in [4.78, 5) is 5.32. The second-order valence-corrected chi connectivity index (χ2v) is 25.1. The van der Waals surface area contributed by atoms with Gasteiger partial charge in [0.2, 0.25) is 0 Å². The van der Waals surface area contributed by atoms with Crippen molar-refractivity contribution in [3.63, 3.8) is 0 Å². The van der Waals surface area contributed by atoms with Crippen LogP contribution < -0.4 is 30.1 Å². The molecule has 15 rings (SSSR count). The molecule has 0 bridgehead atoms. The second-order valence-electron chi connectivity index (χ2n) is 25.1. The van der Waals surface area contributed by atoms with Gasteiger partial charge >= 0.3 is 6.85 Å². The highest BCUT2D eigenvalue weighted by atomic mass is 16.6. The van der Waals surface area contributed by atoms with Gasteiger partial charge in [-0.3, -0.25) is 0 Å². The Bertz CT molecular complexity index is 4170. The second kappa shape index (κ2) is 15.3. The van der Waals surface area contributed by atoms with Crippen molar-refractivity contribution in [2.75, 3.05) is 9.71 Å². The lowest BCUT2D eigenvalue weighted by Gasteiger charge is -2.48. The van der Waals surface area contributed by atoms with Crippen LogP contribution in [0, 0.1) is 6.92 Å². The third kappa shape index (κ3) is 6.21. The molecule has 1 aromatic heterocycles. The Balaban J connectivity index is 1.15. The molecule has 76 heavy (non-hydrogen) atoms. The van der Waals surface area contributed by atoms with Crippen molar-refractivity contribution in [1.82, 2.24) is 0 Å². The van der Waals surface area contributed by atoms with Crippen LogP contribution in [0.5, 0.6) is 23.0 Å². The number of furan rings is 1. The molecule has 5 aliphatic rings. The summed E-state index contributed by atoms with van der Waals surface area (Å²) < 4.78 is 20.9. The van der Waals surface area contributed by atoms with Gasteiger partial charge in [-0.1, -0.05) is 159 Å². The third-order valence-corrected chi connectivity index (χ3v) is 18.2. The first-order valence-corrected chi connectivity index (χ1v) is 27.3. The van der Waals surface area contributed by atoms with Gasteiger partial charge in [-0.15, -0.1) is 0 Å². The lowest BCUT2D eigenvalue weighted by atomic mass is 9.42. The van der Waals surface area contributed by atoms with Crippen molar-refractivity contribution in [3.8, 4) is 56.4 Å². The van der Waals surface area contributed by atoms with Crippen LogP contribution in [0.2, 0.25) is 0 Å². The Morgan fingerprint density at radius 1 is 0.513 bits per heavy atom. The van der Waals surface area contributed by atoms with Crippen molar-refractivity contribution in [2.24, 2.45) is 0 Å². The topological polar surface area (TPSA) is 38.1 Å². The van der Waals surface area contributed by atoms with Crippen LogP contribution >= 0.6 is 0 Å². The lowest BCUT2D eigenvalue weighted by molar-refractivity contribution is 0.332. The fraction of sp³-hybridized carbons (Fsp3) is 0.229. The van der Waals surface area contributed by atoms with Crippen molar-refractivity contribution < 1.29 is 13.9 Å². The smallest absolute Gasteiger partial charge is 0.333 e. The Hall–Kier alpha value is -7.96. The van der Waals surface area contributed by atoms with E-state index >= 15 is 0 Å². The normalized spacial score (nSPS) is 16.6. The molecule has 372 valence electrons. The maximum absolute atomic E-state index is 7.01. The van der Waals surface area contributed by atoms with Gasteiger partial charge in [0.05, 0.1) is 5.39 Å². The Morgan fingerprint density at radius 3 is 1.93 bits per heavy atom. The van der Waals surface area contributed by atoms with Gasteiger partial charge in [-0.2, -0.15) is 0 Å². The van der Waals surface area contributed by atoms with E-state index in [1.807, 2.05) is 24.3 Å². The number of anilines is 5. The number of fused-ring (bicyclic) bond motifs is 15. The molecule has 10 aromatic rings. The number of para-hydroxylation sites is 3. The molecule has 2 aliphatic carbocycles. The first-order valence-electron chi connectivity index (χ1n) is 27.3. The van der Waals surface area contributed by atoms with Gasteiger partial charge in [0, 0.05) is 56.4 Å². The minimum Gasteiger partial charge on any atom is -0.456 e. The van der Waals surface area contributed by atoms with Gasteiger partial charge in [-0.25, -0.2) is 0 Å². The molecule has 0 atom stereocenters. The minimum atomic E-state index is -0.352. The first kappa shape index (κ1) is 45.4. The average Bonchev–Trinajstić information content (AvgIpc) is 3.93. The predicted molar refractivity (Wildman–Crippen MR) is 316 cm³/mol. The minimum absolute atomic E-state index is 0.0210. The lowest BCUT2D eigenvalue weighted by Crippen LogP contribution is -2.62. The van der Waals surface area contributed by atoms with E-state index in [0.717, 1.165) is 62.9 Å². The molecule has 0 radical (unpaired) electrons. The quantitative estimate of drug-likeness (QED) is 0.165. The average molecular weight is 989 g/mol. The molecular weight excluding hydrogens is 928 g/mol. The van der Waals surface area contributed by atoms with E-state index in [9.17, 15) is 0 Å². The maximum atomic E-state index is 7.01. The number of benzene rings is 9. The number of rotatable bonds is 3. The van der Waals surface area contributed by atoms with E-state index in [1.54, 1.807) is 0 Å². The fourth-order valence-electron chi connectivity index (χ4n) is 14.1. The zero-order valence-electron chi connectivity index (χ0n) is 45.2. The van der Waals surface area contributed by atoms with Crippen LogP contribution in [0.3, 0.4) is 0 Å². The van der Waals surface area contributed by atoms with Crippen molar-refractivity contribution >= 4 is 68.1 Å². The molecule has 0 amide bonds. The fourth-order valence-corrected chi connectivity index (χ4v) is 14.1. The van der Waals surface area contributed by atoms with Crippen molar-refractivity contribution in [2.45, 2.75) is 104 Å². The summed E-state index contributed by atoms with van der Waals surface area (Å²) in [6, 6.07) is 60.9. The van der Waals surface area contributed by atoms with Crippen molar-refractivity contribution in [3.05, 3.63) is 197 Å². The molecular formula is C70H61BN2O3. The summed E-state index contributed by atoms with van der Waals surface area (Å²) in [5.41, 5.74) is 24.9. The van der Waals surface area contributed by atoms with E-state index in [0.29, 0.717) is 23.0 Å². The summed E-state index contributed by atoms with van der Waals surface area (Å²) in [7, 11) is 0. The molecule has 0 unspecified atom stereocenters. The van der Waals surface area contributed by atoms with Crippen LogP contribution in [0.25, 0.3) is 55.3 Å². The van der Waals surface area contributed by atoms with Crippen LogP contribution in [0.15, 0.2) is 168 Å². The highest BCUT2D eigenvalue weighted by Crippen LogP contribution is 2.61. The number of ether oxygens (including phenoxy) is 2. The highest BCUT2D eigenvalue weighted by Gasteiger charge is 2.52. The molecule has 3 aliphatic heterocycles. The standard InChI is InChI=1S/C70H61BN2O3/c1-40-34-49-50(69(7,8)33-32-68(49,5)6)37-53(40)72-54-39-61-60(75-57-26-18-19-27-58(57)76-61)38-51(54)71-65-55(72)36-47-43-22-14-16-24-48(43)70(9,10)64(47)63(65)45-29-31-59-62(44-23-15-17-25-56(44)74-59)66(45)73(71)52-30-28-42(67(2,3)4)35-46(52)41-20-12-11-13-21-41/h11-31,34-39H,32-33H2,1-10H3. The summed E-state index contributed by atoms with van der Waals surface area (Å²) in [5.74, 6) is 2.81. The Labute approximate surface area is 446 Å². The Morgan fingerprint density at radius 2 is 1.18 bits per heavy atom. The maximum Gasteiger partial charge on any atom is 0.333 e. The number of hydrogen-bond acceptors (Lipinski definition) is 5. The number of aryl methyl sites for hydroxylation is 1. The molecule has 0 N–H and O–H groups in total. The zero-order chi connectivity index (χ0) is 51.9. The highest BCUT2D eigenvalue weighted by molar-refractivity contribution is 6.94. The van der Waals surface area contributed by atoms with Gasteiger partial charge in [0.15, 0.2) is 23.0 Å². The van der Waals surface area contributed by atoms with Crippen LogP contribution in [0.1, 0.15) is 109 Å². The molecule has 5 nitrogen and oxygen atoms in total. The van der Waals surface area contributed by atoms with E-state index in [2.05, 4.69) is 218 Å². The summed E-state index contributed by atoms with van der Waals surface area (Å²) in [6.45, 7) is 23.6.